The van der Waals surface area contributed by atoms with E-state index in [0.717, 1.165) is 25.1 Å². The molecule has 3 heterocycles. The molecule has 1 fully saturated rings. The van der Waals surface area contributed by atoms with Gasteiger partial charge in [0.25, 0.3) is 11.8 Å². The van der Waals surface area contributed by atoms with Crippen LogP contribution in [0.5, 0.6) is 0 Å². The lowest BCUT2D eigenvalue weighted by molar-refractivity contribution is -0.137. The van der Waals surface area contributed by atoms with E-state index >= 15 is 0 Å². The van der Waals surface area contributed by atoms with Crippen LogP contribution in [0.1, 0.15) is 28.8 Å². The van der Waals surface area contributed by atoms with Gasteiger partial charge in [0.2, 0.25) is 5.89 Å². The Bertz CT molecular complexity index is 1480. The molecule has 2 aromatic heterocycles. The molecule has 5 rings (SSSR count). The Morgan fingerprint density at radius 2 is 1.74 bits per heavy atom. The van der Waals surface area contributed by atoms with Gasteiger partial charge in [-0.1, -0.05) is 24.3 Å². The number of nitrogens with zero attached hydrogens (tertiary/aromatic N) is 6. The van der Waals surface area contributed by atoms with Crippen molar-refractivity contribution < 1.29 is 22.4 Å². The number of carbonyl (C=O) groups excluding carboxylic acids is 1. The maximum Gasteiger partial charge on any atom is 0.417 e. The van der Waals surface area contributed by atoms with Gasteiger partial charge < -0.3 is 20.0 Å². The molecule has 0 radical (unpaired) electrons. The molecule has 202 valence electrons. The van der Waals surface area contributed by atoms with Gasteiger partial charge in [-0.25, -0.2) is 9.97 Å². The van der Waals surface area contributed by atoms with Gasteiger partial charge in [-0.05, 0) is 51.2 Å². The molecular formula is C27H26F3N7O2. The molecule has 39 heavy (non-hydrogen) atoms. The molecule has 2 N–H and O–H groups in total. The maximum absolute atomic E-state index is 14.2. The first-order valence-corrected chi connectivity index (χ1v) is 12.3. The summed E-state index contributed by atoms with van der Waals surface area (Å²) in [6, 6.07) is 12.8. The molecular weight excluding hydrogens is 511 g/mol. The Balaban J connectivity index is 1.47. The van der Waals surface area contributed by atoms with Gasteiger partial charge in [0.05, 0.1) is 17.5 Å². The Morgan fingerprint density at radius 3 is 2.41 bits per heavy atom. The highest BCUT2D eigenvalue weighted by molar-refractivity contribution is 5.95. The van der Waals surface area contributed by atoms with Crippen LogP contribution in [-0.2, 0) is 6.18 Å². The second-order valence-electron chi connectivity index (χ2n) is 9.51. The van der Waals surface area contributed by atoms with E-state index in [1.54, 1.807) is 29.2 Å². The quantitative estimate of drug-likeness (QED) is 0.392. The third-order valence-electron chi connectivity index (χ3n) is 6.78. The molecule has 0 aliphatic carbocycles. The van der Waals surface area contributed by atoms with E-state index in [4.69, 9.17) is 10.2 Å². The third kappa shape index (κ3) is 5.46. The number of anilines is 1. The Hall–Kier alpha value is -4.32. The van der Waals surface area contributed by atoms with Crippen molar-refractivity contribution in [1.82, 2.24) is 30.0 Å². The fraction of sp³-hybridized carbons (Fsp3) is 0.296. The summed E-state index contributed by atoms with van der Waals surface area (Å²) in [5.74, 6) is -0.399. The molecule has 0 saturated carbocycles. The van der Waals surface area contributed by atoms with E-state index in [-0.39, 0.29) is 40.1 Å². The van der Waals surface area contributed by atoms with Crippen molar-refractivity contribution >= 4 is 11.7 Å². The van der Waals surface area contributed by atoms with Crippen LogP contribution in [0.3, 0.4) is 0 Å². The van der Waals surface area contributed by atoms with Crippen LogP contribution in [0.4, 0.5) is 19.0 Å². The predicted molar refractivity (Wildman–Crippen MR) is 138 cm³/mol. The Kier molecular flexibility index (Phi) is 7.04. The minimum absolute atomic E-state index is 0.0394. The fourth-order valence-corrected chi connectivity index (χ4v) is 4.60. The van der Waals surface area contributed by atoms with Crippen molar-refractivity contribution in [3.8, 4) is 34.3 Å². The molecule has 1 saturated heterocycles. The summed E-state index contributed by atoms with van der Waals surface area (Å²) in [6.45, 7) is 0.958. The lowest BCUT2D eigenvalue weighted by Crippen LogP contribution is -2.44. The number of nitrogens with two attached hydrogens (primary N) is 1. The SMILES string of the molecule is CN(C)C1CCN(C(=O)c2ccc(-c3cnc(N)c(-c4nnc(-c5ccccc5)o4)n3)c(C(F)(F)F)c2)CC1. The summed E-state index contributed by atoms with van der Waals surface area (Å²) < 4.78 is 48.3. The van der Waals surface area contributed by atoms with Crippen LogP contribution >= 0.6 is 0 Å². The van der Waals surface area contributed by atoms with E-state index < -0.39 is 17.6 Å². The van der Waals surface area contributed by atoms with Gasteiger partial charge in [0, 0.05) is 35.8 Å². The zero-order valence-corrected chi connectivity index (χ0v) is 21.3. The second-order valence-corrected chi connectivity index (χ2v) is 9.51. The highest BCUT2D eigenvalue weighted by atomic mass is 19.4. The minimum Gasteiger partial charge on any atom is -0.414 e. The van der Waals surface area contributed by atoms with Crippen LogP contribution < -0.4 is 5.73 Å². The lowest BCUT2D eigenvalue weighted by atomic mass is 9.99. The molecule has 9 nitrogen and oxygen atoms in total. The number of benzene rings is 2. The van der Waals surface area contributed by atoms with Gasteiger partial charge in [-0.3, -0.25) is 4.79 Å². The van der Waals surface area contributed by atoms with E-state index in [9.17, 15) is 18.0 Å². The van der Waals surface area contributed by atoms with Crippen molar-refractivity contribution in [1.29, 1.82) is 0 Å². The van der Waals surface area contributed by atoms with Crippen molar-refractivity contribution in [2.75, 3.05) is 32.9 Å². The number of rotatable bonds is 5. The monoisotopic (exact) mass is 537 g/mol. The molecule has 0 spiro atoms. The van der Waals surface area contributed by atoms with E-state index in [0.29, 0.717) is 24.7 Å². The van der Waals surface area contributed by atoms with Gasteiger partial charge >= 0.3 is 6.18 Å². The number of hydrogen-bond acceptors (Lipinski definition) is 8. The molecule has 12 heteroatoms. The first kappa shape index (κ1) is 26.3. The number of halogens is 3. The van der Waals surface area contributed by atoms with E-state index in [1.165, 1.54) is 12.1 Å². The Morgan fingerprint density at radius 1 is 1.05 bits per heavy atom. The van der Waals surface area contributed by atoms with Crippen molar-refractivity contribution in [2.24, 2.45) is 0 Å². The first-order chi connectivity index (χ1) is 18.6. The molecule has 0 atom stereocenters. The maximum atomic E-state index is 14.2. The molecule has 1 aliphatic heterocycles. The molecule has 4 aromatic rings. The fourth-order valence-electron chi connectivity index (χ4n) is 4.60. The van der Waals surface area contributed by atoms with Crippen LogP contribution in [0.2, 0.25) is 0 Å². The smallest absolute Gasteiger partial charge is 0.414 e. The van der Waals surface area contributed by atoms with Gasteiger partial charge in [-0.15, -0.1) is 10.2 Å². The van der Waals surface area contributed by atoms with Crippen LogP contribution in [0.25, 0.3) is 34.3 Å². The summed E-state index contributed by atoms with van der Waals surface area (Å²) in [5.41, 5.74) is 5.19. The largest absolute Gasteiger partial charge is 0.417 e. The van der Waals surface area contributed by atoms with Gasteiger partial charge in [-0.2, -0.15) is 13.2 Å². The second kappa shape index (κ2) is 10.4. The number of nitrogen functional groups attached to an aromatic ring is 1. The number of alkyl halides is 3. The predicted octanol–water partition coefficient (Wildman–Crippen LogP) is 4.63. The van der Waals surface area contributed by atoms with E-state index in [1.807, 2.05) is 20.2 Å². The molecule has 1 amide bonds. The normalized spacial score (nSPS) is 14.7. The summed E-state index contributed by atoms with van der Waals surface area (Å²) >= 11 is 0. The average molecular weight is 538 g/mol. The minimum atomic E-state index is -4.75. The van der Waals surface area contributed by atoms with Gasteiger partial charge in [0.1, 0.15) is 0 Å². The molecule has 0 unspecified atom stereocenters. The first-order valence-electron chi connectivity index (χ1n) is 12.3. The third-order valence-corrected chi connectivity index (χ3v) is 6.78. The topological polar surface area (TPSA) is 114 Å². The molecule has 0 bridgehead atoms. The van der Waals surface area contributed by atoms with Crippen molar-refractivity contribution in [3.05, 3.63) is 65.9 Å². The number of aromatic nitrogens is 4. The van der Waals surface area contributed by atoms with Crippen molar-refractivity contribution in [2.45, 2.75) is 25.1 Å². The van der Waals surface area contributed by atoms with Crippen molar-refractivity contribution in [3.63, 3.8) is 0 Å². The number of hydrogen-bond donors (Lipinski definition) is 1. The number of amides is 1. The standard InChI is InChI=1S/C27H26F3N7O2/c1-36(2)18-10-12-37(13-11-18)26(38)17-8-9-19(20(14-17)27(28,29)30)21-15-32-23(31)22(33-21)25-35-34-24(39-25)16-6-4-3-5-7-16/h3-9,14-15,18H,10-13H2,1-2H3,(H2,31,32). The van der Waals surface area contributed by atoms with E-state index in [2.05, 4.69) is 25.1 Å². The summed E-state index contributed by atoms with van der Waals surface area (Å²) in [6.07, 6.45) is -2.09. The Labute approximate surface area is 222 Å². The molecule has 1 aliphatic rings. The van der Waals surface area contributed by atoms with Crippen LogP contribution in [0.15, 0.2) is 59.1 Å². The zero-order valence-electron chi connectivity index (χ0n) is 21.3. The highest BCUT2D eigenvalue weighted by Crippen LogP contribution is 2.38. The van der Waals surface area contributed by atoms with Gasteiger partial charge in [0.15, 0.2) is 11.5 Å². The summed E-state index contributed by atoms with van der Waals surface area (Å²) in [5, 5.41) is 7.95. The highest BCUT2D eigenvalue weighted by Gasteiger charge is 2.36. The molecule has 2 aromatic carbocycles. The van der Waals surface area contributed by atoms with Crippen LogP contribution in [-0.4, -0.2) is 69.1 Å². The number of carbonyl (C=O) groups is 1. The summed E-state index contributed by atoms with van der Waals surface area (Å²) in [4.78, 5) is 25.1. The summed E-state index contributed by atoms with van der Waals surface area (Å²) in [7, 11) is 3.95. The lowest BCUT2D eigenvalue weighted by Gasteiger charge is -2.35. The zero-order chi connectivity index (χ0) is 27.7. The number of piperidine rings is 1. The average Bonchev–Trinajstić information content (AvgIpc) is 3.43. The van der Waals surface area contributed by atoms with Crippen LogP contribution in [0, 0.1) is 0 Å². The number of likely N-dealkylation sites (tertiary alicyclic amines) is 1.